The molecule has 0 aromatic carbocycles. The van der Waals surface area contributed by atoms with E-state index >= 15 is 0 Å². The van der Waals surface area contributed by atoms with Crippen LogP contribution >= 0.6 is 24.8 Å². The maximum atomic E-state index is 11.0. The lowest BCUT2D eigenvalue weighted by atomic mass is 10.5. The molecular formula is C6H10Cl2N2O2S. The molecule has 0 aliphatic rings. The summed E-state index contributed by atoms with van der Waals surface area (Å²) in [7, 11) is -2.01. The normalized spacial score (nSPS) is 9.62. The Bertz CT molecular complexity index is 328. The fourth-order valence-electron chi connectivity index (χ4n) is 0.611. The summed E-state index contributed by atoms with van der Waals surface area (Å²) < 4.78 is 24.2. The summed E-state index contributed by atoms with van der Waals surface area (Å²) in [5, 5.41) is 0.0440. The molecule has 0 saturated heterocycles. The first-order valence-corrected chi connectivity index (χ1v) is 4.50. The lowest BCUT2D eigenvalue weighted by Crippen LogP contribution is -2.19. The van der Waals surface area contributed by atoms with Gasteiger partial charge >= 0.3 is 0 Å². The molecule has 13 heavy (non-hydrogen) atoms. The Kier molecular flexibility index (Phi) is 7.15. The molecule has 4 nitrogen and oxygen atoms in total. The Hall–Kier alpha value is -0.360. The second kappa shape index (κ2) is 6.15. The first-order valence-electron chi connectivity index (χ1n) is 3.01. The maximum absolute atomic E-state index is 11.0. The number of hydrogen-bond acceptors (Lipinski definition) is 3. The van der Waals surface area contributed by atoms with Gasteiger partial charge in [-0.1, -0.05) is 6.07 Å². The van der Waals surface area contributed by atoms with Gasteiger partial charge in [0.05, 0.1) is 0 Å². The van der Waals surface area contributed by atoms with E-state index in [2.05, 4.69) is 9.71 Å². The third-order valence-electron chi connectivity index (χ3n) is 1.18. The fourth-order valence-corrected chi connectivity index (χ4v) is 1.28. The quantitative estimate of drug-likeness (QED) is 0.839. The molecular weight excluding hydrogens is 235 g/mol. The van der Waals surface area contributed by atoms with Crippen molar-refractivity contribution in [3.05, 3.63) is 24.4 Å². The lowest BCUT2D eigenvalue weighted by molar-refractivity contribution is 0.584. The van der Waals surface area contributed by atoms with Crippen molar-refractivity contribution in [3.8, 4) is 0 Å². The predicted octanol–water partition coefficient (Wildman–Crippen LogP) is 0.833. The van der Waals surface area contributed by atoms with Gasteiger partial charge in [0.25, 0.3) is 10.0 Å². The Morgan fingerprint density at radius 3 is 2.31 bits per heavy atom. The van der Waals surface area contributed by atoms with Crippen LogP contribution in [0.3, 0.4) is 0 Å². The highest BCUT2D eigenvalue weighted by Crippen LogP contribution is 2.00. The van der Waals surface area contributed by atoms with Crippen molar-refractivity contribution in [2.75, 3.05) is 7.05 Å². The van der Waals surface area contributed by atoms with Crippen molar-refractivity contribution >= 4 is 34.8 Å². The molecule has 0 fully saturated rings. The van der Waals surface area contributed by atoms with Gasteiger partial charge in [-0.2, -0.15) is 0 Å². The van der Waals surface area contributed by atoms with Gasteiger partial charge in [-0.25, -0.2) is 18.1 Å². The van der Waals surface area contributed by atoms with Gasteiger partial charge in [0, 0.05) is 6.20 Å². The summed E-state index contributed by atoms with van der Waals surface area (Å²) in [6.07, 6.45) is 1.43. The van der Waals surface area contributed by atoms with Crippen LogP contribution in [0.25, 0.3) is 0 Å². The minimum Gasteiger partial charge on any atom is -0.243 e. The molecule has 1 heterocycles. The van der Waals surface area contributed by atoms with Crippen LogP contribution in [0.5, 0.6) is 0 Å². The monoisotopic (exact) mass is 244 g/mol. The van der Waals surface area contributed by atoms with E-state index in [1.165, 1.54) is 19.3 Å². The van der Waals surface area contributed by atoms with Crippen molar-refractivity contribution in [1.82, 2.24) is 9.71 Å². The van der Waals surface area contributed by atoms with Crippen molar-refractivity contribution in [2.24, 2.45) is 0 Å². The average Bonchev–Trinajstić information content (AvgIpc) is 2.06. The van der Waals surface area contributed by atoms with Gasteiger partial charge in [-0.05, 0) is 19.2 Å². The van der Waals surface area contributed by atoms with Gasteiger partial charge in [0.1, 0.15) is 0 Å². The fraction of sp³-hybridized carbons (Fsp3) is 0.167. The molecule has 1 N–H and O–H groups in total. The van der Waals surface area contributed by atoms with E-state index in [4.69, 9.17) is 0 Å². The molecule has 1 aromatic heterocycles. The molecule has 76 valence electrons. The zero-order valence-corrected chi connectivity index (χ0v) is 9.25. The maximum Gasteiger partial charge on any atom is 0.257 e. The van der Waals surface area contributed by atoms with E-state index < -0.39 is 10.0 Å². The Labute approximate surface area is 89.6 Å². The molecule has 0 aliphatic carbocycles. The number of nitrogens with one attached hydrogen (secondary N) is 1. The molecule has 0 radical (unpaired) electrons. The highest BCUT2D eigenvalue weighted by atomic mass is 35.5. The Balaban J connectivity index is 0. The van der Waals surface area contributed by atoms with Crippen LogP contribution in [0.4, 0.5) is 0 Å². The summed E-state index contributed by atoms with van der Waals surface area (Å²) in [6, 6.07) is 4.72. The van der Waals surface area contributed by atoms with E-state index in [0.29, 0.717) is 0 Å². The molecule has 0 unspecified atom stereocenters. The standard InChI is InChI=1S/C6H8N2O2S.2ClH/c1-7-11(9,10)6-4-2-3-5-8-6;;/h2-5,7H,1H3;2*1H. The molecule has 0 saturated carbocycles. The average molecular weight is 245 g/mol. The summed E-state index contributed by atoms with van der Waals surface area (Å²) in [5.41, 5.74) is 0. The first-order chi connectivity index (χ1) is 5.17. The zero-order chi connectivity index (χ0) is 8.32. The number of nitrogens with zero attached hydrogens (tertiary/aromatic N) is 1. The van der Waals surface area contributed by atoms with Gasteiger partial charge < -0.3 is 0 Å². The molecule has 1 rings (SSSR count). The van der Waals surface area contributed by atoms with E-state index in [1.807, 2.05) is 0 Å². The van der Waals surface area contributed by atoms with E-state index in [1.54, 1.807) is 12.1 Å². The van der Waals surface area contributed by atoms with Crippen LogP contribution in [-0.2, 0) is 10.0 Å². The van der Waals surface area contributed by atoms with Crippen molar-refractivity contribution in [1.29, 1.82) is 0 Å². The number of sulfonamides is 1. The third-order valence-corrected chi connectivity index (χ3v) is 2.51. The van der Waals surface area contributed by atoms with Crippen LogP contribution in [0, 0.1) is 0 Å². The SMILES string of the molecule is CNS(=O)(=O)c1ccccn1.Cl.Cl. The lowest BCUT2D eigenvalue weighted by Gasteiger charge is -1.98. The third kappa shape index (κ3) is 3.91. The van der Waals surface area contributed by atoms with E-state index in [-0.39, 0.29) is 29.8 Å². The van der Waals surface area contributed by atoms with E-state index in [0.717, 1.165) is 0 Å². The second-order valence-corrected chi connectivity index (χ2v) is 3.71. The molecule has 0 spiro atoms. The summed E-state index contributed by atoms with van der Waals surface area (Å²) >= 11 is 0. The van der Waals surface area contributed by atoms with Crippen LogP contribution in [-0.4, -0.2) is 20.4 Å². The van der Waals surface area contributed by atoms with Crippen LogP contribution < -0.4 is 4.72 Å². The largest absolute Gasteiger partial charge is 0.257 e. The van der Waals surface area contributed by atoms with Crippen LogP contribution in [0.15, 0.2) is 29.4 Å². The molecule has 0 bridgehead atoms. The number of hydrogen-bond donors (Lipinski definition) is 1. The summed E-state index contributed by atoms with van der Waals surface area (Å²) in [5.74, 6) is 0. The molecule has 0 atom stereocenters. The van der Waals surface area contributed by atoms with Crippen LogP contribution in [0.2, 0.25) is 0 Å². The van der Waals surface area contributed by atoms with Crippen LogP contribution in [0.1, 0.15) is 0 Å². The first kappa shape index (κ1) is 15.1. The number of halogens is 2. The van der Waals surface area contributed by atoms with Gasteiger partial charge in [0.2, 0.25) is 0 Å². The molecule has 0 aliphatic heterocycles. The van der Waals surface area contributed by atoms with E-state index in [9.17, 15) is 8.42 Å². The summed E-state index contributed by atoms with van der Waals surface area (Å²) in [4.78, 5) is 3.67. The number of pyridine rings is 1. The minimum atomic E-state index is -3.36. The molecule has 7 heteroatoms. The Morgan fingerprint density at radius 2 is 1.92 bits per heavy atom. The Morgan fingerprint density at radius 1 is 1.31 bits per heavy atom. The highest BCUT2D eigenvalue weighted by molar-refractivity contribution is 7.89. The summed E-state index contributed by atoms with van der Waals surface area (Å²) in [6.45, 7) is 0. The zero-order valence-electron chi connectivity index (χ0n) is 6.80. The molecule has 0 amide bonds. The minimum absolute atomic E-state index is 0. The predicted molar refractivity (Wildman–Crippen MR) is 55.0 cm³/mol. The van der Waals surface area contributed by atoms with Crippen molar-refractivity contribution in [2.45, 2.75) is 5.03 Å². The smallest absolute Gasteiger partial charge is 0.243 e. The second-order valence-electron chi connectivity index (χ2n) is 1.88. The van der Waals surface area contributed by atoms with Gasteiger partial charge in [0.15, 0.2) is 5.03 Å². The van der Waals surface area contributed by atoms with Crippen molar-refractivity contribution in [3.63, 3.8) is 0 Å². The number of aromatic nitrogens is 1. The van der Waals surface area contributed by atoms with Gasteiger partial charge in [-0.3, -0.25) is 0 Å². The topological polar surface area (TPSA) is 59.1 Å². The van der Waals surface area contributed by atoms with Gasteiger partial charge in [-0.15, -0.1) is 24.8 Å². The molecule has 1 aromatic rings. The van der Waals surface area contributed by atoms with Crippen molar-refractivity contribution < 1.29 is 8.42 Å². The highest BCUT2D eigenvalue weighted by Gasteiger charge is 2.10. The number of rotatable bonds is 2.